The van der Waals surface area contributed by atoms with E-state index in [1.807, 2.05) is 30.3 Å². The Morgan fingerprint density at radius 1 is 1.09 bits per heavy atom. The number of carbonyl (C=O) groups is 1. The van der Waals surface area contributed by atoms with Crippen LogP contribution in [0.3, 0.4) is 0 Å². The lowest BCUT2D eigenvalue weighted by atomic mass is 9.92. The monoisotopic (exact) mass is 295 g/mol. The third-order valence-electron chi connectivity index (χ3n) is 3.62. The molecule has 0 aliphatic carbocycles. The van der Waals surface area contributed by atoms with Crippen molar-refractivity contribution in [2.75, 3.05) is 14.2 Å². The van der Waals surface area contributed by atoms with E-state index in [1.165, 1.54) is 12.2 Å². The van der Waals surface area contributed by atoms with Gasteiger partial charge in [0.2, 0.25) is 0 Å². The van der Waals surface area contributed by atoms with Gasteiger partial charge in [-0.15, -0.1) is 0 Å². The topological polar surface area (TPSA) is 29.5 Å². The number of nitrogens with zero attached hydrogens (tertiary/aromatic N) is 1. The smallest absolute Gasteiger partial charge is 0.270 e. The maximum absolute atomic E-state index is 12.3. The SMILES string of the molecule is CON(C)C(=O)/C=C(/c1ccccc1)c1cc(C)ccc1C. The second kappa shape index (κ2) is 7.05. The third kappa shape index (κ3) is 3.62. The molecule has 0 heterocycles. The predicted octanol–water partition coefficient (Wildman–Crippen LogP) is 3.75. The van der Waals surface area contributed by atoms with Crippen molar-refractivity contribution in [1.82, 2.24) is 5.06 Å². The normalized spacial score (nSPS) is 11.4. The van der Waals surface area contributed by atoms with Gasteiger partial charge in [0.15, 0.2) is 0 Å². The maximum atomic E-state index is 12.3. The van der Waals surface area contributed by atoms with Gasteiger partial charge in [0.05, 0.1) is 7.11 Å². The quantitative estimate of drug-likeness (QED) is 0.635. The molecular weight excluding hydrogens is 274 g/mol. The molecule has 0 unspecified atom stereocenters. The van der Waals surface area contributed by atoms with Gasteiger partial charge in [-0.25, -0.2) is 5.06 Å². The second-order valence-corrected chi connectivity index (χ2v) is 5.26. The lowest BCUT2D eigenvalue weighted by Gasteiger charge is -2.15. The van der Waals surface area contributed by atoms with Crippen molar-refractivity contribution in [1.29, 1.82) is 0 Å². The predicted molar refractivity (Wildman–Crippen MR) is 89.2 cm³/mol. The summed E-state index contributed by atoms with van der Waals surface area (Å²) in [6.07, 6.45) is 1.63. The molecule has 0 saturated carbocycles. The fourth-order valence-corrected chi connectivity index (χ4v) is 2.26. The number of carbonyl (C=O) groups excluding carboxylic acids is 1. The lowest BCUT2D eigenvalue weighted by molar-refractivity contribution is -0.162. The first-order chi connectivity index (χ1) is 10.5. The number of aryl methyl sites for hydroxylation is 2. The first-order valence-electron chi connectivity index (χ1n) is 7.19. The number of rotatable bonds is 4. The Hall–Kier alpha value is -2.39. The zero-order valence-electron chi connectivity index (χ0n) is 13.5. The minimum atomic E-state index is -0.192. The number of amides is 1. The van der Waals surface area contributed by atoms with Crippen molar-refractivity contribution in [3.63, 3.8) is 0 Å². The summed E-state index contributed by atoms with van der Waals surface area (Å²) in [7, 11) is 3.08. The molecular formula is C19H21NO2. The van der Waals surface area contributed by atoms with E-state index in [4.69, 9.17) is 4.84 Å². The fraction of sp³-hybridized carbons (Fsp3) is 0.211. The maximum Gasteiger partial charge on any atom is 0.270 e. The van der Waals surface area contributed by atoms with Crippen LogP contribution in [0.25, 0.3) is 5.57 Å². The van der Waals surface area contributed by atoms with Crippen molar-refractivity contribution in [3.8, 4) is 0 Å². The molecule has 0 bridgehead atoms. The van der Waals surface area contributed by atoms with Crippen LogP contribution in [-0.2, 0) is 9.63 Å². The summed E-state index contributed by atoms with van der Waals surface area (Å²) in [5, 5.41) is 1.22. The van der Waals surface area contributed by atoms with Gasteiger partial charge in [0.25, 0.3) is 5.91 Å². The van der Waals surface area contributed by atoms with E-state index in [0.29, 0.717) is 0 Å². The molecule has 1 amide bonds. The summed E-state index contributed by atoms with van der Waals surface area (Å²) in [6.45, 7) is 4.10. The Morgan fingerprint density at radius 2 is 1.77 bits per heavy atom. The van der Waals surface area contributed by atoms with Crippen LogP contribution in [0.4, 0.5) is 0 Å². The highest BCUT2D eigenvalue weighted by molar-refractivity contribution is 5.99. The number of hydrogen-bond acceptors (Lipinski definition) is 2. The van der Waals surface area contributed by atoms with E-state index in [-0.39, 0.29) is 5.91 Å². The van der Waals surface area contributed by atoms with Gasteiger partial charge in [0, 0.05) is 13.1 Å². The molecule has 0 radical (unpaired) electrons. The number of benzene rings is 2. The lowest BCUT2D eigenvalue weighted by Crippen LogP contribution is -2.23. The third-order valence-corrected chi connectivity index (χ3v) is 3.62. The molecule has 0 N–H and O–H groups in total. The standard InChI is InChI=1S/C19H21NO2/c1-14-10-11-15(2)17(12-14)18(13-19(21)20(3)22-4)16-8-6-5-7-9-16/h5-13H,1-4H3/b18-13-. The van der Waals surface area contributed by atoms with Gasteiger partial charge in [-0.05, 0) is 36.1 Å². The molecule has 0 spiro atoms. The van der Waals surface area contributed by atoms with E-state index < -0.39 is 0 Å². The molecule has 114 valence electrons. The zero-order valence-corrected chi connectivity index (χ0v) is 13.5. The van der Waals surface area contributed by atoms with E-state index in [0.717, 1.165) is 27.8 Å². The molecule has 3 heteroatoms. The van der Waals surface area contributed by atoms with Crippen LogP contribution in [-0.4, -0.2) is 25.1 Å². The molecule has 22 heavy (non-hydrogen) atoms. The highest BCUT2D eigenvalue weighted by Crippen LogP contribution is 2.27. The Bertz CT molecular complexity index is 690. The van der Waals surface area contributed by atoms with Gasteiger partial charge in [-0.3, -0.25) is 9.63 Å². The van der Waals surface area contributed by atoms with Crippen molar-refractivity contribution in [3.05, 3.63) is 76.9 Å². The fourth-order valence-electron chi connectivity index (χ4n) is 2.26. The van der Waals surface area contributed by atoms with E-state index >= 15 is 0 Å². The van der Waals surface area contributed by atoms with Crippen LogP contribution in [0.1, 0.15) is 22.3 Å². The molecule has 2 rings (SSSR count). The summed E-state index contributed by atoms with van der Waals surface area (Å²) >= 11 is 0. The van der Waals surface area contributed by atoms with Crippen LogP contribution in [0.2, 0.25) is 0 Å². The molecule has 0 aliphatic rings. The van der Waals surface area contributed by atoms with Crippen LogP contribution in [0.5, 0.6) is 0 Å². The van der Waals surface area contributed by atoms with Gasteiger partial charge >= 0.3 is 0 Å². The molecule has 0 atom stereocenters. The first-order valence-corrected chi connectivity index (χ1v) is 7.19. The number of hydrogen-bond donors (Lipinski definition) is 0. The first kappa shape index (κ1) is 16.0. The summed E-state index contributed by atoms with van der Waals surface area (Å²) in [6, 6.07) is 16.2. The van der Waals surface area contributed by atoms with E-state index in [2.05, 4.69) is 32.0 Å². The summed E-state index contributed by atoms with van der Waals surface area (Å²) < 4.78 is 0. The van der Waals surface area contributed by atoms with Crippen molar-refractivity contribution < 1.29 is 9.63 Å². The van der Waals surface area contributed by atoms with E-state index in [1.54, 1.807) is 13.1 Å². The highest BCUT2D eigenvalue weighted by Gasteiger charge is 2.12. The van der Waals surface area contributed by atoms with Crippen molar-refractivity contribution >= 4 is 11.5 Å². The molecule has 0 aliphatic heterocycles. The Morgan fingerprint density at radius 3 is 2.41 bits per heavy atom. The van der Waals surface area contributed by atoms with Gasteiger partial charge in [0.1, 0.15) is 0 Å². The Kier molecular flexibility index (Phi) is 5.12. The van der Waals surface area contributed by atoms with Crippen LogP contribution in [0, 0.1) is 13.8 Å². The average molecular weight is 295 g/mol. The molecule has 2 aromatic carbocycles. The van der Waals surface area contributed by atoms with Crippen LogP contribution >= 0.6 is 0 Å². The van der Waals surface area contributed by atoms with Gasteiger partial charge in [-0.2, -0.15) is 0 Å². The van der Waals surface area contributed by atoms with Gasteiger partial charge in [-0.1, -0.05) is 54.1 Å². The summed E-state index contributed by atoms with van der Waals surface area (Å²) in [5.74, 6) is -0.192. The Balaban J connectivity index is 2.58. The molecule has 0 saturated heterocycles. The Labute approximate surface area is 131 Å². The van der Waals surface area contributed by atoms with E-state index in [9.17, 15) is 4.79 Å². The molecule has 2 aromatic rings. The second-order valence-electron chi connectivity index (χ2n) is 5.26. The van der Waals surface area contributed by atoms with Crippen molar-refractivity contribution in [2.45, 2.75) is 13.8 Å². The molecule has 0 fully saturated rings. The molecule has 0 aromatic heterocycles. The number of hydroxylamine groups is 2. The van der Waals surface area contributed by atoms with Crippen LogP contribution < -0.4 is 0 Å². The minimum absolute atomic E-state index is 0.192. The average Bonchev–Trinajstić information content (AvgIpc) is 2.54. The summed E-state index contributed by atoms with van der Waals surface area (Å²) in [4.78, 5) is 17.2. The summed E-state index contributed by atoms with van der Waals surface area (Å²) in [5.41, 5.74) is 5.26. The minimum Gasteiger partial charge on any atom is -0.274 e. The van der Waals surface area contributed by atoms with Gasteiger partial charge < -0.3 is 0 Å². The number of likely N-dealkylation sites (N-methyl/N-ethyl adjacent to an activating group) is 1. The highest BCUT2D eigenvalue weighted by atomic mass is 16.7. The zero-order chi connectivity index (χ0) is 16.1. The largest absolute Gasteiger partial charge is 0.274 e. The molecule has 3 nitrogen and oxygen atoms in total. The van der Waals surface area contributed by atoms with Crippen molar-refractivity contribution in [2.24, 2.45) is 0 Å². The van der Waals surface area contributed by atoms with Crippen LogP contribution in [0.15, 0.2) is 54.6 Å².